The summed E-state index contributed by atoms with van der Waals surface area (Å²) in [6.07, 6.45) is 2.49. The van der Waals surface area contributed by atoms with Crippen LogP contribution in [0.1, 0.15) is 25.1 Å². The van der Waals surface area contributed by atoms with Crippen molar-refractivity contribution in [3.05, 3.63) is 23.7 Å². The predicted molar refractivity (Wildman–Crippen MR) is 110 cm³/mol. The van der Waals surface area contributed by atoms with Crippen LogP contribution >= 0.6 is 11.3 Å². The molecule has 3 aromatic rings. The Morgan fingerprint density at radius 3 is 2.96 bits per heavy atom. The van der Waals surface area contributed by atoms with E-state index in [2.05, 4.69) is 35.2 Å². The summed E-state index contributed by atoms with van der Waals surface area (Å²) in [5, 5.41) is 4.63. The summed E-state index contributed by atoms with van der Waals surface area (Å²) >= 11 is 1.68. The largest absolute Gasteiger partial charge is 0.370 e. The number of aromatic nitrogens is 3. The van der Waals surface area contributed by atoms with Crippen LogP contribution in [0.25, 0.3) is 20.4 Å². The maximum Gasteiger partial charge on any atom is 0.147 e. The Morgan fingerprint density at radius 1 is 1.25 bits per heavy atom. The van der Waals surface area contributed by atoms with Gasteiger partial charge in [0.05, 0.1) is 54.4 Å². The number of hydrogen-bond donors (Lipinski definition) is 2. The number of thiophene rings is 1. The molecule has 0 aromatic carbocycles. The highest BCUT2D eigenvalue weighted by atomic mass is 32.1. The van der Waals surface area contributed by atoms with Gasteiger partial charge in [0, 0.05) is 17.4 Å². The normalized spacial score (nSPS) is 19.8. The minimum atomic E-state index is -0.154. The van der Waals surface area contributed by atoms with Crippen LogP contribution in [0, 0.1) is 0 Å². The summed E-state index contributed by atoms with van der Waals surface area (Å²) in [4.78, 5) is 16.7. The van der Waals surface area contributed by atoms with Crippen LogP contribution in [0.2, 0.25) is 0 Å². The van der Waals surface area contributed by atoms with Crippen LogP contribution in [-0.4, -0.2) is 59.9 Å². The van der Waals surface area contributed by atoms with E-state index in [4.69, 9.17) is 14.5 Å². The molecule has 5 rings (SSSR count). The fourth-order valence-corrected chi connectivity index (χ4v) is 5.08. The van der Waals surface area contributed by atoms with Crippen LogP contribution < -0.4 is 10.2 Å². The van der Waals surface area contributed by atoms with Gasteiger partial charge in [-0.3, -0.25) is 0 Å². The lowest BCUT2D eigenvalue weighted by Crippen LogP contribution is -3.14. The minimum Gasteiger partial charge on any atom is -0.370 e. The molecule has 1 saturated heterocycles. The molecule has 5 heterocycles. The van der Waals surface area contributed by atoms with Gasteiger partial charge in [0.2, 0.25) is 0 Å². The molecule has 0 spiro atoms. The van der Waals surface area contributed by atoms with Crippen LogP contribution in [0.5, 0.6) is 0 Å². The molecule has 28 heavy (non-hydrogen) atoms. The molecular formula is C20H26N5O2S+. The molecule has 148 valence electrons. The first kappa shape index (κ1) is 18.2. The Hall–Kier alpha value is -1.87. The van der Waals surface area contributed by atoms with Gasteiger partial charge in [0.25, 0.3) is 0 Å². The molecule has 7 nitrogen and oxygen atoms in total. The second kappa shape index (κ2) is 7.18. The Morgan fingerprint density at radius 2 is 2.11 bits per heavy atom. The molecular weight excluding hydrogens is 374 g/mol. The number of nitrogens with zero attached hydrogens (tertiary/aromatic N) is 3. The third-order valence-electron chi connectivity index (χ3n) is 5.60. The van der Waals surface area contributed by atoms with E-state index in [0.717, 1.165) is 77.8 Å². The molecule has 0 saturated carbocycles. The molecule has 0 radical (unpaired) electrons. The Bertz CT molecular complexity index is 1010. The van der Waals surface area contributed by atoms with Gasteiger partial charge in [-0.05, 0) is 19.9 Å². The van der Waals surface area contributed by atoms with Crippen molar-refractivity contribution in [2.45, 2.75) is 32.5 Å². The minimum absolute atomic E-state index is 0.154. The number of pyridine rings is 1. The zero-order chi connectivity index (χ0) is 19.1. The highest BCUT2D eigenvalue weighted by molar-refractivity contribution is 7.25. The first-order valence-electron chi connectivity index (χ1n) is 9.94. The van der Waals surface area contributed by atoms with Crippen molar-refractivity contribution >= 4 is 37.6 Å². The lowest BCUT2D eigenvalue weighted by atomic mass is 9.95. The van der Waals surface area contributed by atoms with Gasteiger partial charge in [-0.2, -0.15) is 0 Å². The van der Waals surface area contributed by atoms with Gasteiger partial charge in [-0.25, -0.2) is 15.0 Å². The quantitative estimate of drug-likeness (QED) is 0.690. The SMILES string of the molecule is CC1(C)Cc2nc3sc4c(NCC[NH+]5CCOCC5)ncnc4c3cc2CO1. The van der Waals surface area contributed by atoms with Gasteiger partial charge in [0.1, 0.15) is 30.1 Å². The zero-order valence-electron chi connectivity index (χ0n) is 16.4. The number of anilines is 1. The van der Waals surface area contributed by atoms with Crippen LogP contribution in [0.3, 0.4) is 0 Å². The van der Waals surface area contributed by atoms with E-state index in [9.17, 15) is 0 Å². The number of quaternary nitrogens is 1. The van der Waals surface area contributed by atoms with Gasteiger partial charge >= 0.3 is 0 Å². The van der Waals surface area contributed by atoms with Crippen molar-refractivity contribution in [1.82, 2.24) is 15.0 Å². The summed E-state index contributed by atoms with van der Waals surface area (Å²) < 4.78 is 12.5. The second-order valence-electron chi connectivity index (χ2n) is 8.21. The molecule has 0 atom stereocenters. The third-order valence-corrected chi connectivity index (χ3v) is 6.69. The molecule has 3 aromatic heterocycles. The van der Waals surface area contributed by atoms with Crippen molar-refractivity contribution in [1.29, 1.82) is 0 Å². The van der Waals surface area contributed by atoms with Crippen molar-refractivity contribution in [3.8, 4) is 0 Å². The van der Waals surface area contributed by atoms with Gasteiger partial charge < -0.3 is 19.7 Å². The number of fused-ring (bicyclic) bond motifs is 4. The summed E-state index contributed by atoms with van der Waals surface area (Å²) in [6.45, 7) is 10.7. The number of rotatable bonds is 4. The Balaban J connectivity index is 1.43. The number of nitrogens with one attached hydrogen (secondary N) is 2. The van der Waals surface area contributed by atoms with E-state index in [0.29, 0.717) is 6.61 Å². The Labute approximate surface area is 168 Å². The zero-order valence-corrected chi connectivity index (χ0v) is 17.2. The molecule has 1 fully saturated rings. The maximum atomic E-state index is 5.97. The van der Waals surface area contributed by atoms with Crippen LogP contribution in [0.4, 0.5) is 5.82 Å². The third kappa shape index (κ3) is 3.45. The monoisotopic (exact) mass is 400 g/mol. The van der Waals surface area contributed by atoms with E-state index < -0.39 is 0 Å². The fourth-order valence-electron chi connectivity index (χ4n) is 3.98. The van der Waals surface area contributed by atoms with E-state index in [1.165, 1.54) is 5.56 Å². The maximum absolute atomic E-state index is 5.97. The number of ether oxygens (including phenoxy) is 2. The Kier molecular flexibility index (Phi) is 4.66. The molecule has 8 heteroatoms. The molecule has 0 unspecified atom stereocenters. The van der Waals surface area contributed by atoms with Crippen LogP contribution in [0.15, 0.2) is 12.4 Å². The number of morpholine rings is 1. The molecule has 0 amide bonds. The topological polar surface area (TPSA) is 73.6 Å². The molecule has 2 aliphatic rings. The average Bonchev–Trinajstić information content (AvgIpc) is 3.05. The fraction of sp³-hybridized carbons (Fsp3) is 0.550. The van der Waals surface area contributed by atoms with Gasteiger partial charge in [0.15, 0.2) is 0 Å². The van der Waals surface area contributed by atoms with Crippen molar-refractivity contribution in [2.75, 3.05) is 44.7 Å². The summed E-state index contributed by atoms with van der Waals surface area (Å²) in [7, 11) is 0. The molecule has 0 aliphatic carbocycles. The molecule has 0 bridgehead atoms. The lowest BCUT2D eigenvalue weighted by Gasteiger charge is -2.30. The van der Waals surface area contributed by atoms with E-state index in [1.807, 2.05) is 0 Å². The summed E-state index contributed by atoms with van der Waals surface area (Å²) in [6, 6.07) is 2.21. The lowest BCUT2D eigenvalue weighted by molar-refractivity contribution is -0.906. The number of hydrogen-bond acceptors (Lipinski definition) is 7. The predicted octanol–water partition coefficient (Wildman–Crippen LogP) is 1.42. The summed E-state index contributed by atoms with van der Waals surface area (Å²) in [5.74, 6) is 0.912. The van der Waals surface area contributed by atoms with Crippen molar-refractivity contribution in [2.24, 2.45) is 0 Å². The van der Waals surface area contributed by atoms with E-state index in [-0.39, 0.29) is 5.60 Å². The molecule has 2 N–H and O–H groups in total. The first-order chi connectivity index (χ1) is 13.6. The standard InChI is InChI=1S/C20H25N5O2S/c1-20(2)10-15-13(11-27-20)9-14-16-17(28-19(14)24-15)18(23-12-22-16)21-3-4-25-5-7-26-8-6-25/h9,12H,3-8,10-11H2,1-2H3,(H,21,22,23)/p+1. The smallest absolute Gasteiger partial charge is 0.147 e. The summed E-state index contributed by atoms with van der Waals surface area (Å²) in [5.41, 5.74) is 3.15. The van der Waals surface area contributed by atoms with E-state index >= 15 is 0 Å². The van der Waals surface area contributed by atoms with Gasteiger partial charge in [-0.15, -0.1) is 11.3 Å². The molecule has 2 aliphatic heterocycles. The average molecular weight is 401 g/mol. The second-order valence-corrected chi connectivity index (χ2v) is 9.21. The highest BCUT2D eigenvalue weighted by Crippen LogP contribution is 2.37. The highest BCUT2D eigenvalue weighted by Gasteiger charge is 2.28. The van der Waals surface area contributed by atoms with Crippen LogP contribution in [-0.2, 0) is 22.5 Å². The van der Waals surface area contributed by atoms with Crippen molar-refractivity contribution < 1.29 is 14.4 Å². The first-order valence-corrected chi connectivity index (χ1v) is 10.8. The van der Waals surface area contributed by atoms with E-state index in [1.54, 1.807) is 22.6 Å². The van der Waals surface area contributed by atoms with Crippen molar-refractivity contribution in [3.63, 3.8) is 0 Å². The van der Waals surface area contributed by atoms with Gasteiger partial charge in [-0.1, -0.05) is 0 Å².